The van der Waals surface area contributed by atoms with Crippen LogP contribution in [0.15, 0.2) is 66.9 Å². The molecule has 0 radical (unpaired) electrons. The Kier molecular flexibility index (Phi) is 4.62. The van der Waals surface area contributed by atoms with Crippen molar-refractivity contribution in [1.82, 2.24) is 9.55 Å². The molecule has 0 aliphatic heterocycles. The molecule has 4 nitrogen and oxygen atoms in total. The van der Waals surface area contributed by atoms with Crippen molar-refractivity contribution in [3.63, 3.8) is 0 Å². The van der Waals surface area contributed by atoms with E-state index in [0.717, 1.165) is 22.2 Å². The molecule has 0 saturated carbocycles. The lowest BCUT2D eigenvalue weighted by Gasteiger charge is -2.11. The first-order valence-electron chi connectivity index (χ1n) is 8.63. The molecule has 0 saturated heterocycles. The fourth-order valence-electron chi connectivity index (χ4n) is 3.14. The van der Waals surface area contributed by atoms with E-state index < -0.39 is 6.36 Å². The van der Waals surface area contributed by atoms with Crippen molar-refractivity contribution in [2.45, 2.75) is 6.36 Å². The topological polar surface area (TPSA) is 39.1 Å². The Balaban J connectivity index is 1.65. The third kappa shape index (κ3) is 4.16. The summed E-state index contributed by atoms with van der Waals surface area (Å²) in [4.78, 5) is 4.31. The number of fused-ring (bicyclic) bond motifs is 1. The van der Waals surface area contributed by atoms with E-state index in [0.29, 0.717) is 11.5 Å². The predicted molar refractivity (Wildman–Crippen MR) is 103 cm³/mol. The van der Waals surface area contributed by atoms with Gasteiger partial charge in [0.05, 0.1) is 5.52 Å². The molecule has 0 aliphatic carbocycles. The molecule has 0 spiro atoms. The zero-order chi connectivity index (χ0) is 20.6. The molecule has 8 heteroatoms. The molecule has 4 aromatic rings. The Morgan fingerprint density at radius 2 is 1.79 bits per heavy atom. The van der Waals surface area contributed by atoms with Gasteiger partial charge in [-0.05, 0) is 30.3 Å². The number of hydrogen-bond acceptors (Lipinski definition) is 3. The van der Waals surface area contributed by atoms with Gasteiger partial charge in [0.1, 0.15) is 17.4 Å². The number of rotatable bonds is 4. The number of pyridine rings is 1. The van der Waals surface area contributed by atoms with Gasteiger partial charge in [-0.15, -0.1) is 13.2 Å². The van der Waals surface area contributed by atoms with E-state index in [4.69, 9.17) is 0 Å². The number of alkyl halides is 3. The van der Waals surface area contributed by atoms with Crippen LogP contribution in [-0.4, -0.2) is 15.9 Å². The van der Waals surface area contributed by atoms with E-state index in [1.807, 2.05) is 23.7 Å². The number of hydrogen-bond donors (Lipinski definition) is 1. The quantitative estimate of drug-likeness (QED) is 0.425. The second-order valence-corrected chi connectivity index (χ2v) is 6.43. The maximum Gasteiger partial charge on any atom is 0.573 e. The van der Waals surface area contributed by atoms with Crippen LogP contribution in [0.25, 0.3) is 22.2 Å². The standard InChI is InChI=1S/C21H15F4N3O/c1-28-18(13-4-2-5-15(22)8-13)9-14-12-26-20(11-19(14)28)27-16-6-3-7-17(10-16)29-21(23,24)25/h2-12H,1H3,(H,26,27). The molecule has 2 aromatic heterocycles. The number of ether oxygens (including phenoxy) is 1. The number of aryl methyl sites for hydroxylation is 1. The summed E-state index contributed by atoms with van der Waals surface area (Å²) in [5.41, 5.74) is 2.79. The molecule has 148 valence electrons. The summed E-state index contributed by atoms with van der Waals surface area (Å²) < 4.78 is 56.6. The third-order valence-electron chi connectivity index (χ3n) is 4.39. The van der Waals surface area contributed by atoms with E-state index in [2.05, 4.69) is 15.0 Å². The van der Waals surface area contributed by atoms with Gasteiger partial charge in [-0.25, -0.2) is 9.37 Å². The average Bonchev–Trinajstić information content (AvgIpc) is 2.97. The Hall–Kier alpha value is -3.55. The molecular formula is C21H15F4N3O. The maximum atomic E-state index is 13.6. The first-order valence-corrected chi connectivity index (χ1v) is 8.63. The Morgan fingerprint density at radius 1 is 1.00 bits per heavy atom. The van der Waals surface area contributed by atoms with Crippen LogP contribution in [0.5, 0.6) is 5.75 Å². The summed E-state index contributed by atoms with van der Waals surface area (Å²) >= 11 is 0. The predicted octanol–water partition coefficient (Wildman–Crippen LogP) is 6.02. The van der Waals surface area contributed by atoms with Crippen LogP contribution < -0.4 is 10.1 Å². The van der Waals surface area contributed by atoms with Gasteiger partial charge in [0.25, 0.3) is 0 Å². The first-order chi connectivity index (χ1) is 13.8. The minimum Gasteiger partial charge on any atom is -0.406 e. The van der Waals surface area contributed by atoms with Crippen molar-refractivity contribution >= 4 is 22.4 Å². The van der Waals surface area contributed by atoms with Crippen LogP contribution in [0.3, 0.4) is 0 Å². The summed E-state index contributed by atoms with van der Waals surface area (Å²) in [6, 6.07) is 15.5. The van der Waals surface area contributed by atoms with Gasteiger partial charge < -0.3 is 14.6 Å². The molecule has 0 amide bonds. The van der Waals surface area contributed by atoms with Crippen LogP contribution in [0.1, 0.15) is 0 Å². The molecule has 4 rings (SSSR count). The van der Waals surface area contributed by atoms with Gasteiger partial charge in [0.2, 0.25) is 0 Å². The highest BCUT2D eigenvalue weighted by atomic mass is 19.4. The van der Waals surface area contributed by atoms with E-state index in [1.165, 1.54) is 30.3 Å². The summed E-state index contributed by atoms with van der Waals surface area (Å²) in [5, 5.41) is 3.83. The second-order valence-electron chi connectivity index (χ2n) is 6.43. The molecular weight excluding hydrogens is 386 g/mol. The smallest absolute Gasteiger partial charge is 0.406 e. The van der Waals surface area contributed by atoms with E-state index in [9.17, 15) is 17.6 Å². The van der Waals surface area contributed by atoms with Crippen molar-refractivity contribution in [1.29, 1.82) is 0 Å². The van der Waals surface area contributed by atoms with E-state index in [1.54, 1.807) is 24.4 Å². The van der Waals surface area contributed by atoms with Gasteiger partial charge in [-0.2, -0.15) is 0 Å². The summed E-state index contributed by atoms with van der Waals surface area (Å²) in [6.07, 6.45) is -3.11. The number of aromatic nitrogens is 2. The Morgan fingerprint density at radius 3 is 2.55 bits per heavy atom. The van der Waals surface area contributed by atoms with Crippen LogP contribution in [0.2, 0.25) is 0 Å². The first kappa shape index (κ1) is 18.8. The average molecular weight is 401 g/mol. The van der Waals surface area contributed by atoms with Gasteiger partial charge in [0.15, 0.2) is 0 Å². The number of nitrogens with zero attached hydrogens (tertiary/aromatic N) is 2. The van der Waals surface area contributed by atoms with E-state index >= 15 is 0 Å². The molecule has 0 atom stereocenters. The van der Waals surface area contributed by atoms with Crippen LogP contribution in [-0.2, 0) is 7.05 Å². The SMILES string of the molecule is Cn1c(-c2cccc(F)c2)cc2cnc(Nc3cccc(OC(F)(F)F)c3)cc21. The van der Waals surface area contributed by atoms with Crippen molar-refractivity contribution in [3.8, 4) is 17.0 Å². The van der Waals surface area contributed by atoms with Gasteiger partial charge >= 0.3 is 6.36 Å². The fraction of sp³-hybridized carbons (Fsp3) is 0.0952. The summed E-state index contributed by atoms with van der Waals surface area (Å²) in [5.74, 6) is -0.196. The molecule has 29 heavy (non-hydrogen) atoms. The lowest BCUT2D eigenvalue weighted by Crippen LogP contribution is -2.17. The monoisotopic (exact) mass is 401 g/mol. The highest BCUT2D eigenvalue weighted by molar-refractivity contribution is 5.88. The minimum absolute atomic E-state index is 0.323. The van der Waals surface area contributed by atoms with Crippen molar-refractivity contribution < 1.29 is 22.3 Å². The Labute approximate surface area is 163 Å². The summed E-state index contributed by atoms with van der Waals surface area (Å²) in [6.45, 7) is 0. The van der Waals surface area contributed by atoms with Crippen molar-refractivity contribution in [2.75, 3.05) is 5.32 Å². The third-order valence-corrected chi connectivity index (χ3v) is 4.39. The minimum atomic E-state index is -4.76. The van der Waals surface area contributed by atoms with Gasteiger partial charge in [-0.1, -0.05) is 18.2 Å². The molecule has 0 fully saturated rings. The molecule has 2 heterocycles. The molecule has 0 aliphatic rings. The van der Waals surface area contributed by atoms with Crippen LogP contribution in [0, 0.1) is 5.82 Å². The van der Waals surface area contributed by atoms with Crippen LogP contribution >= 0.6 is 0 Å². The lowest BCUT2D eigenvalue weighted by molar-refractivity contribution is -0.274. The second kappa shape index (κ2) is 7.12. The van der Waals surface area contributed by atoms with Crippen LogP contribution in [0.4, 0.5) is 29.1 Å². The highest BCUT2D eigenvalue weighted by Crippen LogP contribution is 2.30. The van der Waals surface area contributed by atoms with Crippen molar-refractivity contribution in [2.24, 2.45) is 7.05 Å². The van der Waals surface area contributed by atoms with Gasteiger partial charge in [-0.3, -0.25) is 0 Å². The van der Waals surface area contributed by atoms with E-state index in [-0.39, 0.29) is 11.6 Å². The highest BCUT2D eigenvalue weighted by Gasteiger charge is 2.31. The number of benzene rings is 2. The molecule has 0 unspecified atom stereocenters. The molecule has 2 aromatic carbocycles. The largest absolute Gasteiger partial charge is 0.573 e. The molecule has 0 bridgehead atoms. The normalized spacial score (nSPS) is 11.6. The number of nitrogens with one attached hydrogen (secondary N) is 1. The maximum absolute atomic E-state index is 13.6. The fourth-order valence-corrected chi connectivity index (χ4v) is 3.14. The number of anilines is 2. The number of halogens is 4. The zero-order valence-corrected chi connectivity index (χ0v) is 15.2. The Bertz CT molecular complexity index is 1180. The zero-order valence-electron chi connectivity index (χ0n) is 15.2. The van der Waals surface area contributed by atoms with Gasteiger partial charge in [0, 0.05) is 47.7 Å². The lowest BCUT2D eigenvalue weighted by atomic mass is 10.1. The molecule has 1 N–H and O–H groups in total. The van der Waals surface area contributed by atoms with Crippen molar-refractivity contribution in [3.05, 3.63) is 72.7 Å². The summed E-state index contributed by atoms with van der Waals surface area (Å²) in [7, 11) is 1.85.